The lowest BCUT2D eigenvalue weighted by Gasteiger charge is -2.35. The molecule has 3 rings (SSSR count). The number of carbonyl (C=O) groups excluding carboxylic acids is 2. The minimum Gasteiger partial charge on any atom is -0.465 e. The number of methoxy groups -OCH3 is 1. The molecule has 0 aliphatic carbocycles. The van der Waals surface area contributed by atoms with E-state index in [1.54, 1.807) is 4.90 Å². The second-order valence-corrected chi connectivity index (χ2v) is 9.10. The summed E-state index contributed by atoms with van der Waals surface area (Å²) in [6.07, 6.45) is 1.83. The third-order valence-corrected chi connectivity index (χ3v) is 7.81. The standard InChI is InChI=1S/C15H21N3O5S2.ClH/c1-23-15(20)11-9-13(24-10-11)25(21,22)18-7-5-17(6-8-18)14(19)12-3-2-4-16-12;/h9-10,12,16H,2-8H2,1H3;1H. The minimum absolute atomic E-state index is 0. The number of esters is 1. The molecule has 2 saturated heterocycles. The SMILES string of the molecule is COC(=O)c1csc(S(=O)(=O)N2CCN(C(=O)C3CCCN3)CC2)c1.Cl. The molecule has 0 radical (unpaired) electrons. The lowest BCUT2D eigenvalue weighted by atomic mass is 10.2. The molecule has 2 fully saturated rings. The summed E-state index contributed by atoms with van der Waals surface area (Å²) in [4.78, 5) is 25.6. The molecule has 26 heavy (non-hydrogen) atoms. The molecular weight excluding hydrogens is 402 g/mol. The summed E-state index contributed by atoms with van der Waals surface area (Å²) in [5.74, 6) is -0.504. The first-order valence-electron chi connectivity index (χ1n) is 8.12. The van der Waals surface area contributed by atoms with Gasteiger partial charge in [0.05, 0.1) is 18.7 Å². The van der Waals surface area contributed by atoms with Gasteiger partial charge in [-0.05, 0) is 25.5 Å². The summed E-state index contributed by atoms with van der Waals surface area (Å²) in [6, 6.07) is 1.20. The molecule has 11 heteroatoms. The van der Waals surface area contributed by atoms with Crippen molar-refractivity contribution in [1.82, 2.24) is 14.5 Å². The Bertz CT molecular complexity index is 753. The Labute approximate surface area is 162 Å². The summed E-state index contributed by atoms with van der Waals surface area (Å²) >= 11 is 1.00. The Kier molecular flexibility index (Phi) is 7.03. The van der Waals surface area contributed by atoms with E-state index in [4.69, 9.17) is 0 Å². The zero-order valence-electron chi connectivity index (χ0n) is 14.3. The van der Waals surface area contributed by atoms with Crippen molar-refractivity contribution in [3.8, 4) is 0 Å². The van der Waals surface area contributed by atoms with Crippen molar-refractivity contribution in [3.05, 3.63) is 17.0 Å². The normalized spacial score (nSPS) is 21.3. The molecule has 3 heterocycles. The van der Waals surface area contributed by atoms with Crippen LogP contribution in [0.1, 0.15) is 23.2 Å². The average Bonchev–Trinajstić information content (AvgIpc) is 3.32. The number of hydrogen-bond donors (Lipinski definition) is 1. The van der Waals surface area contributed by atoms with Gasteiger partial charge in [-0.1, -0.05) is 0 Å². The predicted octanol–water partition coefficient (Wildman–Crippen LogP) is 0.541. The van der Waals surface area contributed by atoms with Gasteiger partial charge < -0.3 is 15.0 Å². The molecule has 2 aliphatic heterocycles. The molecular formula is C15H22ClN3O5S2. The van der Waals surface area contributed by atoms with E-state index in [0.29, 0.717) is 13.1 Å². The summed E-state index contributed by atoms with van der Waals surface area (Å²) in [5, 5.41) is 4.65. The maximum atomic E-state index is 12.7. The van der Waals surface area contributed by atoms with Crippen LogP contribution < -0.4 is 5.32 Å². The molecule has 1 N–H and O–H groups in total. The zero-order valence-corrected chi connectivity index (χ0v) is 16.8. The third-order valence-electron chi connectivity index (χ3n) is 4.50. The van der Waals surface area contributed by atoms with Gasteiger partial charge in [-0.15, -0.1) is 23.7 Å². The van der Waals surface area contributed by atoms with Crippen LogP contribution in [-0.4, -0.2) is 75.4 Å². The summed E-state index contributed by atoms with van der Waals surface area (Å²) in [5.41, 5.74) is 0.229. The van der Waals surface area contributed by atoms with E-state index in [0.717, 1.165) is 30.7 Å². The Morgan fingerprint density at radius 3 is 2.54 bits per heavy atom. The smallest absolute Gasteiger partial charge is 0.338 e. The van der Waals surface area contributed by atoms with Gasteiger partial charge in [0, 0.05) is 31.6 Å². The molecule has 1 unspecified atom stereocenters. The van der Waals surface area contributed by atoms with Crippen LogP contribution in [-0.2, 0) is 19.6 Å². The predicted molar refractivity (Wildman–Crippen MR) is 99.3 cm³/mol. The number of piperazine rings is 1. The highest BCUT2D eigenvalue weighted by atomic mass is 35.5. The molecule has 8 nitrogen and oxygen atoms in total. The van der Waals surface area contributed by atoms with Gasteiger partial charge in [0.15, 0.2) is 0 Å². The monoisotopic (exact) mass is 423 g/mol. The maximum absolute atomic E-state index is 12.7. The van der Waals surface area contributed by atoms with E-state index in [2.05, 4.69) is 10.1 Å². The lowest BCUT2D eigenvalue weighted by molar-refractivity contribution is -0.134. The number of amides is 1. The largest absolute Gasteiger partial charge is 0.465 e. The second kappa shape index (κ2) is 8.66. The number of thiophene rings is 1. The van der Waals surface area contributed by atoms with Gasteiger partial charge in [-0.3, -0.25) is 4.79 Å². The van der Waals surface area contributed by atoms with Crippen molar-refractivity contribution in [2.75, 3.05) is 39.8 Å². The molecule has 1 atom stereocenters. The van der Waals surface area contributed by atoms with E-state index in [1.165, 1.54) is 22.9 Å². The van der Waals surface area contributed by atoms with Crippen molar-refractivity contribution in [2.45, 2.75) is 23.1 Å². The van der Waals surface area contributed by atoms with Crippen molar-refractivity contribution in [1.29, 1.82) is 0 Å². The van der Waals surface area contributed by atoms with Crippen LogP contribution in [0.2, 0.25) is 0 Å². The second-order valence-electron chi connectivity index (χ2n) is 6.02. The molecule has 1 amide bonds. The van der Waals surface area contributed by atoms with Gasteiger partial charge in [0.2, 0.25) is 5.91 Å². The van der Waals surface area contributed by atoms with Crippen LogP contribution in [0, 0.1) is 0 Å². The van der Waals surface area contributed by atoms with Crippen LogP contribution in [0.3, 0.4) is 0 Å². The molecule has 1 aromatic rings. The Balaban J connectivity index is 0.00000243. The van der Waals surface area contributed by atoms with Crippen LogP contribution in [0.5, 0.6) is 0 Å². The number of sulfonamides is 1. The topological polar surface area (TPSA) is 96.0 Å². The van der Waals surface area contributed by atoms with E-state index in [9.17, 15) is 18.0 Å². The quantitative estimate of drug-likeness (QED) is 0.710. The fourth-order valence-electron chi connectivity index (χ4n) is 3.07. The van der Waals surface area contributed by atoms with Crippen LogP contribution >= 0.6 is 23.7 Å². The summed E-state index contributed by atoms with van der Waals surface area (Å²) in [6.45, 7) is 2.13. The number of hydrogen-bond acceptors (Lipinski definition) is 7. The molecule has 0 bridgehead atoms. The van der Waals surface area contributed by atoms with Gasteiger partial charge in [0.25, 0.3) is 10.0 Å². The van der Waals surface area contributed by atoms with Crippen molar-refractivity contribution in [3.63, 3.8) is 0 Å². The Morgan fingerprint density at radius 1 is 1.27 bits per heavy atom. The fourth-order valence-corrected chi connectivity index (χ4v) is 5.79. The lowest BCUT2D eigenvalue weighted by Crippen LogP contribution is -2.54. The van der Waals surface area contributed by atoms with E-state index in [-0.39, 0.29) is 47.2 Å². The van der Waals surface area contributed by atoms with Gasteiger partial charge in [-0.2, -0.15) is 4.31 Å². The highest BCUT2D eigenvalue weighted by Gasteiger charge is 2.34. The number of nitrogens with zero attached hydrogens (tertiary/aromatic N) is 2. The molecule has 0 aromatic carbocycles. The first-order valence-corrected chi connectivity index (χ1v) is 10.4. The summed E-state index contributed by atoms with van der Waals surface area (Å²) < 4.78 is 31.5. The minimum atomic E-state index is -3.66. The number of rotatable bonds is 4. The van der Waals surface area contributed by atoms with Crippen molar-refractivity contribution < 1.29 is 22.7 Å². The van der Waals surface area contributed by atoms with Gasteiger partial charge in [0.1, 0.15) is 4.21 Å². The van der Waals surface area contributed by atoms with Crippen LogP contribution in [0.4, 0.5) is 0 Å². The molecule has 0 spiro atoms. The molecule has 0 saturated carbocycles. The molecule has 1 aromatic heterocycles. The third kappa shape index (κ3) is 4.20. The number of ether oxygens (including phenoxy) is 1. The highest BCUT2D eigenvalue weighted by molar-refractivity contribution is 7.91. The maximum Gasteiger partial charge on any atom is 0.338 e. The number of halogens is 1. The average molecular weight is 424 g/mol. The zero-order chi connectivity index (χ0) is 18.0. The molecule has 2 aliphatic rings. The fraction of sp³-hybridized carbons (Fsp3) is 0.600. The Hall–Kier alpha value is -1.20. The van der Waals surface area contributed by atoms with Gasteiger partial charge in [-0.25, -0.2) is 13.2 Å². The van der Waals surface area contributed by atoms with Crippen molar-refractivity contribution in [2.24, 2.45) is 0 Å². The van der Waals surface area contributed by atoms with E-state index >= 15 is 0 Å². The van der Waals surface area contributed by atoms with E-state index < -0.39 is 16.0 Å². The first-order chi connectivity index (χ1) is 11.9. The number of carbonyl (C=O) groups is 2. The summed E-state index contributed by atoms with van der Waals surface area (Å²) in [7, 11) is -2.41. The highest BCUT2D eigenvalue weighted by Crippen LogP contribution is 2.25. The molecule has 146 valence electrons. The van der Waals surface area contributed by atoms with E-state index in [1.807, 2.05) is 0 Å². The van der Waals surface area contributed by atoms with Gasteiger partial charge >= 0.3 is 5.97 Å². The van der Waals surface area contributed by atoms with Crippen molar-refractivity contribution >= 4 is 45.6 Å². The first kappa shape index (κ1) is 21.1. The Morgan fingerprint density at radius 2 is 1.96 bits per heavy atom. The van der Waals surface area contributed by atoms with Crippen LogP contribution in [0.15, 0.2) is 15.7 Å². The number of nitrogens with one attached hydrogen (secondary N) is 1. The van der Waals surface area contributed by atoms with Crippen LogP contribution in [0.25, 0.3) is 0 Å².